The summed E-state index contributed by atoms with van der Waals surface area (Å²) >= 11 is 1.72. The Morgan fingerprint density at radius 2 is 1.71 bits per heavy atom. The molecule has 180 valence electrons. The van der Waals surface area contributed by atoms with Crippen molar-refractivity contribution in [2.45, 2.75) is 24.5 Å². The van der Waals surface area contributed by atoms with E-state index in [1.807, 2.05) is 13.0 Å². The average Bonchev–Trinajstić information content (AvgIpc) is 2.82. The second-order valence-corrected chi connectivity index (χ2v) is 10.9. The Kier molecular flexibility index (Phi) is 9.01. The van der Waals surface area contributed by atoms with Crippen LogP contribution in [0.25, 0.3) is 0 Å². The summed E-state index contributed by atoms with van der Waals surface area (Å²) in [5, 5.41) is 2.84. The molecule has 0 aliphatic rings. The van der Waals surface area contributed by atoms with Crippen molar-refractivity contribution >= 4 is 33.4 Å². The van der Waals surface area contributed by atoms with Crippen molar-refractivity contribution in [1.82, 2.24) is 5.32 Å². The van der Waals surface area contributed by atoms with Crippen molar-refractivity contribution in [3.05, 3.63) is 89.5 Å². The zero-order valence-corrected chi connectivity index (χ0v) is 21.3. The summed E-state index contributed by atoms with van der Waals surface area (Å²) in [5.41, 5.74) is 3.72. The summed E-state index contributed by atoms with van der Waals surface area (Å²) in [6, 6.07) is 21.7. The molecule has 8 heteroatoms. The molecular formula is C26H30N2O4S2. The topological polar surface area (TPSA) is 75.7 Å². The lowest BCUT2D eigenvalue weighted by atomic mass is 10.2. The van der Waals surface area contributed by atoms with E-state index >= 15 is 0 Å². The van der Waals surface area contributed by atoms with Gasteiger partial charge in [0.2, 0.25) is 5.91 Å². The molecule has 0 aliphatic heterocycles. The number of benzene rings is 3. The molecule has 6 nitrogen and oxygen atoms in total. The first-order valence-corrected chi connectivity index (χ1v) is 13.5. The molecule has 0 atom stereocenters. The summed E-state index contributed by atoms with van der Waals surface area (Å²) in [6.07, 6.45) is 0. The van der Waals surface area contributed by atoms with Gasteiger partial charge in [0.25, 0.3) is 10.0 Å². The summed E-state index contributed by atoms with van der Waals surface area (Å²) in [4.78, 5) is 12.9. The number of ether oxygens (including phenoxy) is 1. The van der Waals surface area contributed by atoms with Crippen LogP contribution >= 0.6 is 11.8 Å². The number of nitrogens with one attached hydrogen (secondary N) is 1. The maximum atomic E-state index is 13.5. The van der Waals surface area contributed by atoms with Crippen LogP contribution in [0.3, 0.4) is 0 Å². The number of amides is 1. The molecule has 0 unspecified atom stereocenters. The maximum absolute atomic E-state index is 13.5. The first-order chi connectivity index (χ1) is 16.3. The molecule has 0 aromatic heterocycles. The molecule has 1 N–H and O–H groups in total. The minimum Gasteiger partial charge on any atom is -0.495 e. The Bertz CT molecular complexity index is 1210. The molecule has 0 fully saturated rings. The SMILES string of the molecule is COc1ccccc1N(CC(=O)NCCSCc1cccc(C)c1)S(=O)(=O)c1ccc(C)cc1. The monoisotopic (exact) mass is 498 g/mol. The molecule has 3 aromatic carbocycles. The smallest absolute Gasteiger partial charge is 0.264 e. The van der Waals surface area contributed by atoms with E-state index in [-0.39, 0.29) is 17.3 Å². The number of sulfonamides is 1. The molecule has 3 rings (SSSR count). The second kappa shape index (κ2) is 11.9. The van der Waals surface area contributed by atoms with E-state index in [0.717, 1.165) is 21.4 Å². The fraction of sp³-hybridized carbons (Fsp3) is 0.269. The number of aryl methyl sites for hydroxylation is 2. The highest BCUT2D eigenvalue weighted by molar-refractivity contribution is 7.98. The average molecular weight is 499 g/mol. The summed E-state index contributed by atoms with van der Waals surface area (Å²) in [5.74, 6) is 1.57. The number of nitrogens with zero attached hydrogens (tertiary/aromatic N) is 1. The Morgan fingerprint density at radius 1 is 0.971 bits per heavy atom. The van der Waals surface area contributed by atoms with E-state index in [1.54, 1.807) is 60.3 Å². The van der Waals surface area contributed by atoms with Crippen molar-refractivity contribution in [3.8, 4) is 5.75 Å². The molecule has 0 saturated heterocycles. The Labute approximate surface area is 206 Å². The lowest BCUT2D eigenvalue weighted by molar-refractivity contribution is -0.119. The fourth-order valence-corrected chi connectivity index (χ4v) is 5.65. The van der Waals surface area contributed by atoms with Gasteiger partial charge < -0.3 is 10.1 Å². The van der Waals surface area contributed by atoms with E-state index in [0.29, 0.717) is 18.0 Å². The zero-order valence-electron chi connectivity index (χ0n) is 19.7. The van der Waals surface area contributed by atoms with E-state index < -0.39 is 10.0 Å². The highest BCUT2D eigenvalue weighted by Crippen LogP contribution is 2.32. The predicted molar refractivity (Wildman–Crippen MR) is 139 cm³/mol. The van der Waals surface area contributed by atoms with Crippen LogP contribution in [0.5, 0.6) is 5.75 Å². The molecule has 1 amide bonds. The number of para-hydroxylation sites is 2. The van der Waals surface area contributed by atoms with Crippen molar-refractivity contribution in [1.29, 1.82) is 0 Å². The third-order valence-electron chi connectivity index (χ3n) is 5.17. The third kappa shape index (κ3) is 6.77. The van der Waals surface area contributed by atoms with Gasteiger partial charge in [0.15, 0.2) is 0 Å². The van der Waals surface area contributed by atoms with Crippen LogP contribution in [0.15, 0.2) is 77.7 Å². The normalized spacial score (nSPS) is 11.1. The number of carbonyl (C=O) groups excluding carboxylic acids is 1. The van der Waals surface area contributed by atoms with Crippen LogP contribution in [0.1, 0.15) is 16.7 Å². The lowest BCUT2D eigenvalue weighted by Crippen LogP contribution is -2.41. The number of thioether (sulfide) groups is 1. The van der Waals surface area contributed by atoms with Crippen LogP contribution < -0.4 is 14.4 Å². The number of anilines is 1. The quantitative estimate of drug-likeness (QED) is 0.393. The van der Waals surface area contributed by atoms with Gasteiger partial charge in [-0.3, -0.25) is 9.10 Å². The fourth-order valence-electron chi connectivity index (χ4n) is 3.41. The van der Waals surface area contributed by atoms with Gasteiger partial charge in [0, 0.05) is 18.1 Å². The Hall–Kier alpha value is -2.97. The zero-order chi connectivity index (χ0) is 24.6. The van der Waals surface area contributed by atoms with Crippen molar-refractivity contribution in [3.63, 3.8) is 0 Å². The third-order valence-corrected chi connectivity index (χ3v) is 7.97. The van der Waals surface area contributed by atoms with Crippen LogP contribution in [-0.4, -0.2) is 40.3 Å². The molecule has 34 heavy (non-hydrogen) atoms. The highest BCUT2D eigenvalue weighted by atomic mass is 32.2. The number of carbonyl (C=O) groups is 1. The van der Waals surface area contributed by atoms with E-state index in [9.17, 15) is 13.2 Å². The Balaban J connectivity index is 1.69. The van der Waals surface area contributed by atoms with Crippen molar-refractivity contribution in [2.75, 3.05) is 30.3 Å². The van der Waals surface area contributed by atoms with Crippen molar-refractivity contribution in [2.24, 2.45) is 0 Å². The van der Waals surface area contributed by atoms with Gasteiger partial charge in [-0.1, -0.05) is 59.7 Å². The number of methoxy groups -OCH3 is 1. The molecule has 0 bridgehead atoms. The van der Waals surface area contributed by atoms with E-state index in [1.165, 1.54) is 18.2 Å². The van der Waals surface area contributed by atoms with Crippen LogP contribution in [-0.2, 0) is 20.6 Å². The van der Waals surface area contributed by atoms with Gasteiger partial charge in [-0.05, 0) is 43.7 Å². The van der Waals surface area contributed by atoms with Gasteiger partial charge in [-0.15, -0.1) is 0 Å². The summed E-state index contributed by atoms with van der Waals surface area (Å²) in [6.45, 7) is 4.05. The Morgan fingerprint density at radius 3 is 2.41 bits per heavy atom. The van der Waals surface area contributed by atoms with Crippen LogP contribution in [0.4, 0.5) is 5.69 Å². The standard InChI is InChI=1S/C26H30N2O4S2/c1-20-11-13-23(14-12-20)34(30,31)28(24-9-4-5-10-25(24)32-3)18-26(29)27-15-16-33-19-22-8-6-7-21(2)17-22/h4-14,17H,15-16,18-19H2,1-3H3,(H,27,29). The van der Waals surface area contributed by atoms with Gasteiger partial charge >= 0.3 is 0 Å². The summed E-state index contributed by atoms with van der Waals surface area (Å²) < 4.78 is 33.5. The summed E-state index contributed by atoms with van der Waals surface area (Å²) in [7, 11) is -2.51. The molecule has 0 heterocycles. The lowest BCUT2D eigenvalue weighted by Gasteiger charge is -2.25. The van der Waals surface area contributed by atoms with Crippen LogP contribution in [0.2, 0.25) is 0 Å². The second-order valence-electron chi connectivity index (χ2n) is 7.89. The number of hydrogen-bond acceptors (Lipinski definition) is 5. The van der Waals surface area contributed by atoms with E-state index in [4.69, 9.17) is 4.74 Å². The first kappa shape index (κ1) is 25.6. The van der Waals surface area contributed by atoms with E-state index in [2.05, 4.69) is 30.4 Å². The largest absolute Gasteiger partial charge is 0.495 e. The van der Waals surface area contributed by atoms with Gasteiger partial charge in [0.05, 0.1) is 17.7 Å². The van der Waals surface area contributed by atoms with Crippen LogP contribution in [0, 0.1) is 13.8 Å². The number of rotatable bonds is 11. The molecule has 3 aromatic rings. The predicted octanol–water partition coefficient (Wildman–Crippen LogP) is 4.56. The van der Waals surface area contributed by atoms with Gasteiger partial charge in [-0.2, -0.15) is 11.8 Å². The number of hydrogen-bond donors (Lipinski definition) is 1. The maximum Gasteiger partial charge on any atom is 0.264 e. The molecule has 0 spiro atoms. The van der Waals surface area contributed by atoms with Crippen molar-refractivity contribution < 1.29 is 17.9 Å². The van der Waals surface area contributed by atoms with Gasteiger partial charge in [-0.25, -0.2) is 8.42 Å². The molecule has 0 saturated carbocycles. The minimum atomic E-state index is -3.99. The molecular weight excluding hydrogens is 468 g/mol. The minimum absolute atomic E-state index is 0.116. The molecule has 0 aliphatic carbocycles. The highest BCUT2D eigenvalue weighted by Gasteiger charge is 2.29. The van der Waals surface area contributed by atoms with Gasteiger partial charge in [0.1, 0.15) is 12.3 Å². The first-order valence-electron chi connectivity index (χ1n) is 10.9. The molecule has 0 radical (unpaired) electrons.